The van der Waals surface area contributed by atoms with Crippen LogP contribution >= 0.6 is 0 Å². The van der Waals surface area contributed by atoms with Crippen LogP contribution in [0.4, 0.5) is 10.5 Å². The van der Waals surface area contributed by atoms with Crippen molar-refractivity contribution in [1.29, 1.82) is 0 Å². The van der Waals surface area contributed by atoms with Gasteiger partial charge in [0.1, 0.15) is 11.6 Å². The van der Waals surface area contributed by atoms with E-state index in [0.29, 0.717) is 0 Å². The molecule has 0 aromatic heterocycles. The number of urea groups is 1. The van der Waals surface area contributed by atoms with Gasteiger partial charge in [0.2, 0.25) is 0 Å². The van der Waals surface area contributed by atoms with Crippen molar-refractivity contribution in [2.45, 2.75) is 12.5 Å². The molecule has 88 valence electrons. The largest absolute Gasteiger partial charge is 0.497 e. The molecule has 5 heteroatoms. The lowest BCUT2D eigenvalue weighted by atomic mass is 10.00. The van der Waals surface area contributed by atoms with Crippen LogP contribution in [0.2, 0.25) is 0 Å². The van der Waals surface area contributed by atoms with Gasteiger partial charge in [0.05, 0.1) is 18.8 Å². The number of rotatable bonds is 1. The standard InChI is InChI=1S/C12H13N3O2/c1-15-10-6-7-5-8(17-2)3-4-9(7)13-11(10)14-12(15)16/h3-5,10H,6H2,1-2H3,(H,13,14,16). The first-order chi connectivity index (χ1) is 8.19. The molecule has 2 aliphatic heterocycles. The second kappa shape index (κ2) is 3.48. The first-order valence-corrected chi connectivity index (χ1v) is 5.48. The Morgan fingerprint density at radius 1 is 1.53 bits per heavy atom. The molecule has 0 bridgehead atoms. The average Bonchev–Trinajstić information content (AvgIpc) is 2.62. The maximum absolute atomic E-state index is 11.5. The third kappa shape index (κ3) is 1.46. The SMILES string of the molecule is COc1ccc2c(c1)CC1C(=N2)NC(=O)N1C. The van der Waals surface area contributed by atoms with Crippen LogP contribution in [-0.4, -0.2) is 37.0 Å². The summed E-state index contributed by atoms with van der Waals surface area (Å²) in [4.78, 5) is 17.7. The van der Waals surface area contributed by atoms with Gasteiger partial charge in [0.25, 0.3) is 0 Å². The molecule has 2 aliphatic rings. The Bertz CT molecular complexity index is 524. The lowest BCUT2D eigenvalue weighted by molar-refractivity contribution is 0.217. The number of carbonyl (C=O) groups is 1. The third-order valence-corrected chi connectivity index (χ3v) is 3.28. The Hall–Kier alpha value is -2.04. The molecule has 17 heavy (non-hydrogen) atoms. The normalized spacial score (nSPS) is 21.5. The Morgan fingerprint density at radius 3 is 3.12 bits per heavy atom. The van der Waals surface area contributed by atoms with E-state index in [1.54, 1.807) is 19.1 Å². The van der Waals surface area contributed by atoms with E-state index >= 15 is 0 Å². The summed E-state index contributed by atoms with van der Waals surface area (Å²) in [7, 11) is 3.43. The zero-order valence-electron chi connectivity index (χ0n) is 9.73. The summed E-state index contributed by atoms with van der Waals surface area (Å²) >= 11 is 0. The Labute approximate surface area is 99.1 Å². The number of nitrogens with zero attached hydrogens (tertiary/aromatic N) is 2. The number of benzene rings is 1. The van der Waals surface area contributed by atoms with E-state index in [4.69, 9.17) is 4.74 Å². The minimum atomic E-state index is -0.0893. The maximum atomic E-state index is 11.5. The van der Waals surface area contributed by atoms with Crippen LogP contribution < -0.4 is 10.1 Å². The maximum Gasteiger partial charge on any atom is 0.323 e. The third-order valence-electron chi connectivity index (χ3n) is 3.28. The second-order valence-corrected chi connectivity index (χ2v) is 4.25. The number of methoxy groups -OCH3 is 1. The molecule has 0 aliphatic carbocycles. The molecule has 1 N–H and O–H groups in total. The van der Waals surface area contributed by atoms with E-state index in [2.05, 4.69) is 10.3 Å². The summed E-state index contributed by atoms with van der Waals surface area (Å²) < 4.78 is 5.19. The average molecular weight is 231 g/mol. The monoisotopic (exact) mass is 231 g/mol. The van der Waals surface area contributed by atoms with Crippen molar-refractivity contribution in [1.82, 2.24) is 10.2 Å². The molecule has 1 fully saturated rings. The molecule has 0 radical (unpaired) electrons. The molecule has 0 saturated carbocycles. The Kier molecular flexibility index (Phi) is 2.07. The van der Waals surface area contributed by atoms with E-state index in [1.165, 1.54) is 0 Å². The predicted octanol–water partition coefficient (Wildman–Crippen LogP) is 1.30. The summed E-state index contributed by atoms with van der Waals surface area (Å²) in [6, 6.07) is 5.72. The summed E-state index contributed by atoms with van der Waals surface area (Å²) in [5, 5.41) is 2.78. The number of fused-ring (bicyclic) bond motifs is 2. The minimum Gasteiger partial charge on any atom is -0.497 e. The number of amides is 2. The number of carbonyl (C=O) groups excluding carboxylic acids is 1. The van der Waals surface area contributed by atoms with Crippen LogP contribution in [0.25, 0.3) is 0 Å². The van der Waals surface area contributed by atoms with E-state index in [-0.39, 0.29) is 12.1 Å². The van der Waals surface area contributed by atoms with E-state index in [1.807, 2.05) is 18.2 Å². The lowest BCUT2D eigenvalue weighted by Gasteiger charge is -2.22. The fourth-order valence-electron chi connectivity index (χ4n) is 2.24. The van der Waals surface area contributed by atoms with Gasteiger partial charge in [-0.2, -0.15) is 0 Å². The molecule has 1 saturated heterocycles. The van der Waals surface area contributed by atoms with Crippen molar-refractivity contribution in [3.05, 3.63) is 23.8 Å². The molecular formula is C12H13N3O2. The van der Waals surface area contributed by atoms with Gasteiger partial charge in [-0.05, 0) is 23.8 Å². The summed E-state index contributed by atoms with van der Waals surface area (Å²) in [6.45, 7) is 0. The molecule has 1 atom stereocenters. The van der Waals surface area contributed by atoms with Crippen molar-refractivity contribution in [3.8, 4) is 5.75 Å². The van der Waals surface area contributed by atoms with Crippen molar-refractivity contribution >= 4 is 17.6 Å². The fourth-order valence-corrected chi connectivity index (χ4v) is 2.24. The highest BCUT2D eigenvalue weighted by Gasteiger charge is 2.36. The van der Waals surface area contributed by atoms with Crippen molar-refractivity contribution in [2.75, 3.05) is 14.2 Å². The number of hydrogen-bond acceptors (Lipinski definition) is 3. The Morgan fingerprint density at radius 2 is 2.35 bits per heavy atom. The smallest absolute Gasteiger partial charge is 0.323 e. The molecule has 1 aromatic carbocycles. The minimum absolute atomic E-state index is 0.0297. The van der Waals surface area contributed by atoms with Crippen molar-refractivity contribution < 1.29 is 9.53 Å². The van der Waals surface area contributed by atoms with Gasteiger partial charge >= 0.3 is 6.03 Å². The summed E-state index contributed by atoms with van der Waals surface area (Å²) in [6.07, 6.45) is 0.778. The van der Waals surface area contributed by atoms with E-state index in [0.717, 1.165) is 29.3 Å². The first-order valence-electron chi connectivity index (χ1n) is 5.48. The van der Waals surface area contributed by atoms with Crippen LogP contribution in [0.15, 0.2) is 23.2 Å². The van der Waals surface area contributed by atoms with Crippen LogP contribution in [-0.2, 0) is 6.42 Å². The van der Waals surface area contributed by atoms with Crippen molar-refractivity contribution in [2.24, 2.45) is 4.99 Å². The molecule has 2 amide bonds. The van der Waals surface area contributed by atoms with Gasteiger partial charge in [-0.25, -0.2) is 9.79 Å². The van der Waals surface area contributed by atoms with Gasteiger partial charge in [0, 0.05) is 13.5 Å². The van der Waals surface area contributed by atoms with Gasteiger partial charge in [-0.15, -0.1) is 0 Å². The van der Waals surface area contributed by atoms with Crippen LogP contribution in [0.3, 0.4) is 0 Å². The van der Waals surface area contributed by atoms with Gasteiger partial charge in [0.15, 0.2) is 0 Å². The first kappa shape index (κ1) is 10.1. The van der Waals surface area contributed by atoms with Gasteiger partial charge < -0.3 is 9.64 Å². The van der Waals surface area contributed by atoms with Gasteiger partial charge in [-0.1, -0.05) is 0 Å². The fraction of sp³-hybridized carbons (Fsp3) is 0.333. The number of likely N-dealkylation sites (N-methyl/N-ethyl adjacent to an activating group) is 1. The zero-order valence-corrected chi connectivity index (χ0v) is 9.73. The van der Waals surface area contributed by atoms with Crippen LogP contribution in [0, 0.1) is 0 Å². The number of amidine groups is 1. The predicted molar refractivity (Wildman–Crippen MR) is 63.9 cm³/mol. The van der Waals surface area contributed by atoms with E-state index < -0.39 is 0 Å². The quantitative estimate of drug-likeness (QED) is 0.792. The summed E-state index contributed by atoms with van der Waals surface area (Å²) in [5.74, 6) is 1.57. The lowest BCUT2D eigenvalue weighted by Crippen LogP contribution is -2.34. The van der Waals surface area contributed by atoms with Crippen molar-refractivity contribution in [3.63, 3.8) is 0 Å². The van der Waals surface area contributed by atoms with Crippen LogP contribution in [0.5, 0.6) is 5.75 Å². The van der Waals surface area contributed by atoms with Gasteiger partial charge in [-0.3, -0.25) is 5.32 Å². The molecule has 5 nitrogen and oxygen atoms in total. The molecule has 3 rings (SSSR count). The van der Waals surface area contributed by atoms with E-state index in [9.17, 15) is 4.79 Å². The second-order valence-electron chi connectivity index (χ2n) is 4.25. The molecule has 1 aromatic rings. The molecular weight excluding hydrogens is 218 g/mol. The number of aliphatic imine (C=N–C) groups is 1. The summed E-state index contributed by atoms with van der Waals surface area (Å²) in [5.41, 5.74) is 2.02. The highest BCUT2D eigenvalue weighted by atomic mass is 16.5. The topological polar surface area (TPSA) is 53.9 Å². The molecule has 0 spiro atoms. The highest BCUT2D eigenvalue weighted by molar-refractivity contribution is 6.08. The number of ether oxygens (including phenoxy) is 1. The zero-order chi connectivity index (χ0) is 12.0. The number of hydrogen-bond donors (Lipinski definition) is 1. The van der Waals surface area contributed by atoms with Crippen LogP contribution in [0.1, 0.15) is 5.56 Å². The molecule has 2 heterocycles. The Balaban J connectivity index is 2.03. The highest BCUT2D eigenvalue weighted by Crippen LogP contribution is 2.31. The molecule has 1 unspecified atom stereocenters. The number of nitrogens with one attached hydrogen (secondary N) is 1.